The highest BCUT2D eigenvalue weighted by molar-refractivity contribution is 6.30. The van der Waals surface area contributed by atoms with E-state index < -0.39 is 6.10 Å². The van der Waals surface area contributed by atoms with Crippen LogP contribution in [0.25, 0.3) is 11.3 Å². The molecule has 0 aliphatic rings. The fraction of sp³-hybridized carbons (Fsp3) is 0.118. The van der Waals surface area contributed by atoms with Gasteiger partial charge >= 0.3 is 0 Å². The van der Waals surface area contributed by atoms with E-state index in [1.807, 2.05) is 30.3 Å². The molecule has 0 saturated heterocycles. The van der Waals surface area contributed by atoms with Gasteiger partial charge in [0.2, 0.25) is 5.82 Å². The number of anilines is 1. The van der Waals surface area contributed by atoms with Gasteiger partial charge in [0.15, 0.2) is 11.8 Å². The Morgan fingerprint density at radius 3 is 2.71 bits per heavy atom. The Kier molecular flexibility index (Phi) is 4.77. The SMILES string of the molecule is C[C@H](Oc1cccc(Cl)c1)C(=O)Nc1nonc1-c1ccccc1. The maximum Gasteiger partial charge on any atom is 0.266 e. The van der Waals surface area contributed by atoms with Gasteiger partial charge in [-0.1, -0.05) is 48.0 Å². The molecule has 0 radical (unpaired) electrons. The van der Waals surface area contributed by atoms with Crippen molar-refractivity contribution in [2.24, 2.45) is 0 Å². The Labute approximate surface area is 143 Å². The van der Waals surface area contributed by atoms with Gasteiger partial charge in [0.25, 0.3) is 5.91 Å². The summed E-state index contributed by atoms with van der Waals surface area (Å²) >= 11 is 5.90. The highest BCUT2D eigenvalue weighted by Gasteiger charge is 2.20. The largest absolute Gasteiger partial charge is 0.481 e. The predicted molar refractivity (Wildman–Crippen MR) is 89.9 cm³/mol. The van der Waals surface area contributed by atoms with E-state index in [2.05, 4.69) is 15.6 Å². The van der Waals surface area contributed by atoms with Gasteiger partial charge in [-0.25, -0.2) is 4.63 Å². The van der Waals surface area contributed by atoms with Gasteiger partial charge in [0, 0.05) is 10.6 Å². The van der Waals surface area contributed by atoms with Crippen molar-refractivity contribution in [3.63, 3.8) is 0 Å². The number of nitrogens with zero attached hydrogens (tertiary/aromatic N) is 2. The minimum atomic E-state index is -0.746. The van der Waals surface area contributed by atoms with Crippen molar-refractivity contribution in [1.29, 1.82) is 0 Å². The van der Waals surface area contributed by atoms with E-state index in [0.29, 0.717) is 16.5 Å². The first-order chi connectivity index (χ1) is 11.6. The van der Waals surface area contributed by atoms with Crippen LogP contribution in [0.3, 0.4) is 0 Å². The fourth-order valence-electron chi connectivity index (χ4n) is 2.07. The molecule has 6 nitrogen and oxygen atoms in total. The zero-order valence-corrected chi connectivity index (χ0v) is 13.5. The molecule has 0 aliphatic carbocycles. The lowest BCUT2D eigenvalue weighted by Gasteiger charge is -2.14. The molecule has 1 amide bonds. The maximum atomic E-state index is 12.3. The summed E-state index contributed by atoms with van der Waals surface area (Å²) in [6, 6.07) is 16.1. The molecule has 0 saturated carbocycles. The van der Waals surface area contributed by atoms with Crippen LogP contribution in [0.4, 0.5) is 5.82 Å². The number of carbonyl (C=O) groups excluding carboxylic acids is 1. The second-order valence-corrected chi connectivity index (χ2v) is 5.47. The number of rotatable bonds is 5. The zero-order chi connectivity index (χ0) is 16.9. The minimum absolute atomic E-state index is 0.243. The van der Waals surface area contributed by atoms with Crippen LogP contribution in [0.2, 0.25) is 5.02 Å². The Bertz CT molecular complexity index is 836. The normalized spacial score (nSPS) is 11.8. The predicted octanol–water partition coefficient (Wildman–Crippen LogP) is 3.80. The molecule has 0 unspecified atom stereocenters. The van der Waals surface area contributed by atoms with E-state index in [-0.39, 0.29) is 11.7 Å². The number of nitrogens with one attached hydrogen (secondary N) is 1. The molecular formula is C17H14ClN3O3. The Morgan fingerprint density at radius 1 is 1.17 bits per heavy atom. The van der Waals surface area contributed by atoms with Crippen LogP contribution in [0.5, 0.6) is 5.75 Å². The van der Waals surface area contributed by atoms with Gasteiger partial charge in [-0.15, -0.1) is 0 Å². The van der Waals surface area contributed by atoms with E-state index in [1.54, 1.807) is 31.2 Å². The number of hydrogen-bond acceptors (Lipinski definition) is 5. The maximum absolute atomic E-state index is 12.3. The molecule has 1 N–H and O–H groups in total. The molecule has 1 heterocycles. The first-order valence-electron chi connectivity index (χ1n) is 7.24. The lowest BCUT2D eigenvalue weighted by atomic mass is 10.1. The molecule has 122 valence electrons. The molecule has 7 heteroatoms. The van der Waals surface area contributed by atoms with Crippen molar-refractivity contribution < 1.29 is 14.2 Å². The number of hydrogen-bond donors (Lipinski definition) is 1. The molecule has 0 fully saturated rings. The van der Waals surface area contributed by atoms with Gasteiger partial charge in [-0.05, 0) is 35.4 Å². The fourth-order valence-corrected chi connectivity index (χ4v) is 2.25. The van der Waals surface area contributed by atoms with Gasteiger partial charge in [0.1, 0.15) is 5.75 Å². The Balaban J connectivity index is 1.70. The van der Waals surface area contributed by atoms with Gasteiger partial charge < -0.3 is 10.1 Å². The average Bonchev–Trinajstić information content (AvgIpc) is 3.03. The summed E-state index contributed by atoms with van der Waals surface area (Å²) in [5, 5.41) is 10.8. The Morgan fingerprint density at radius 2 is 1.96 bits per heavy atom. The van der Waals surface area contributed by atoms with Crippen molar-refractivity contribution in [1.82, 2.24) is 10.3 Å². The van der Waals surface area contributed by atoms with E-state index >= 15 is 0 Å². The summed E-state index contributed by atoms with van der Waals surface area (Å²) < 4.78 is 10.3. The standard InChI is InChI=1S/C17H14ClN3O3/c1-11(23-14-9-5-8-13(18)10-14)17(22)19-16-15(20-24-21-16)12-6-3-2-4-7-12/h2-11H,1H3,(H,19,21,22)/t11-/m0/s1. The molecule has 0 bridgehead atoms. The van der Waals surface area contributed by atoms with Crippen LogP contribution in [-0.2, 0) is 4.79 Å². The third-order valence-electron chi connectivity index (χ3n) is 3.26. The van der Waals surface area contributed by atoms with Gasteiger partial charge in [-0.3, -0.25) is 4.79 Å². The molecule has 0 aliphatic heterocycles. The summed E-state index contributed by atoms with van der Waals surface area (Å²) in [6.07, 6.45) is -0.746. The molecule has 3 rings (SSSR count). The monoisotopic (exact) mass is 343 g/mol. The molecular weight excluding hydrogens is 330 g/mol. The van der Waals surface area contributed by atoms with Crippen molar-refractivity contribution in [3.8, 4) is 17.0 Å². The van der Waals surface area contributed by atoms with Crippen LogP contribution in [-0.4, -0.2) is 22.3 Å². The first kappa shape index (κ1) is 16.0. The van der Waals surface area contributed by atoms with Crippen molar-refractivity contribution in [2.45, 2.75) is 13.0 Å². The van der Waals surface area contributed by atoms with Crippen molar-refractivity contribution >= 4 is 23.3 Å². The molecule has 1 atom stereocenters. The smallest absolute Gasteiger partial charge is 0.266 e. The van der Waals surface area contributed by atoms with Crippen LogP contribution >= 0.6 is 11.6 Å². The third-order valence-corrected chi connectivity index (χ3v) is 3.49. The lowest BCUT2D eigenvalue weighted by molar-refractivity contribution is -0.122. The number of amides is 1. The topological polar surface area (TPSA) is 77.2 Å². The Hall–Kier alpha value is -2.86. The van der Waals surface area contributed by atoms with E-state index in [0.717, 1.165) is 5.56 Å². The second-order valence-electron chi connectivity index (χ2n) is 5.03. The first-order valence-corrected chi connectivity index (χ1v) is 7.62. The van der Waals surface area contributed by atoms with Crippen LogP contribution in [0.1, 0.15) is 6.92 Å². The average molecular weight is 344 g/mol. The quantitative estimate of drug-likeness (QED) is 0.762. The number of halogens is 1. The molecule has 1 aromatic heterocycles. The number of benzene rings is 2. The van der Waals surface area contributed by atoms with E-state index in [1.165, 1.54) is 0 Å². The number of ether oxygens (including phenoxy) is 1. The van der Waals surface area contributed by atoms with Crippen LogP contribution in [0.15, 0.2) is 59.2 Å². The highest BCUT2D eigenvalue weighted by Crippen LogP contribution is 2.24. The van der Waals surface area contributed by atoms with Gasteiger partial charge in [0.05, 0.1) is 0 Å². The van der Waals surface area contributed by atoms with Crippen molar-refractivity contribution in [2.75, 3.05) is 5.32 Å². The van der Waals surface area contributed by atoms with Crippen LogP contribution < -0.4 is 10.1 Å². The van der Waals surface area contributed by atoms with Crippen molar-refractivity contribution in [3.05, 3.63) is 59.6 Å². The summed E-state index contributed by atoms with van der Waals surface area (Å²) in [5.41, 5.74) is 1.25. The molecule has 0 spiro atoms. The minimum Gasteiger partial charge on any atom is -0.481 e. The summed E-state index contributed by atoms with van der Waals surface area (Å²) in [5.74, 6) is 0.377. The zero-order valence-electron chi connectivity index (χ0n) is 12.8. The van der Waals surface area contributed by atoms with Gasteiger partial charge in [-0.2, -0.15) is 0 Å². The highest BCUT2D eigenvalue weighted by atomic mass is 35.5. The number of carbonyl (C=O) groups is 1. The lowest BCUT2D eigenvalue weighted by Crippen LogP contribution is -2.30. The van der Waals surface area contributed by atoms with E-state index in [9.17, 15) is 4.79 Å². The van der Waals surface area contributed by atoms with E-state index in [4.69, 9.17) is 21.0 Å². The number of aromatic nitrogens is 2. The second kappa shape index (κ2) is 7.14. The molecule has 3 aromatic rings. The summed E-state index contributed by atoms with van der Waals surface area (Å²) in [6.45, 7) is 1.63. The summed E-state index contributed by atoms with van der Waals surface area (Å²) in [7, 11) is 0. The van der Waals surface area contributed by atoms with Crippen LogP contribution in [0, 0.1) is 0 Å². The summed E-state index contributed by atoms with van der Waals surface area (Å²) in [4.78, 5) is 12.3. The third kappa shape index (κ3) is 3.72. The molecule has 2 aromatic carbocycles. The molecule has 24 heavy (non-hydrogen) atoms.